The summed E-state index contributed by atoms with van der Waals surface area (Å²) in [5, 5.41) is 9.37. The Morgan fingerprint density at radius 2 is 1.89 bits per heavy atom. The number of aliphatic hydroxyl groups is 1. The summed E-state index contributed by atoms with van der Waals surface area (Å²) in [4.78, 5) is 2.11. The fourth-order valence-corrected chi connectivity index (χ4v) is 3.40. The number of anilines is 1. The van der Waals surface area contributed by atoms with Crippen LogP contribution in [0.15, 0.2) is 22.7 Å². The molecule has 2 rings (SSSR count). The van der Waals surface area contributed by atoms with Gasteiger partial charge in [0.1, 0.15) is 0 Å². The molecule has 1 heterocycles. The van der Waals surface area contributed by atoms with Crippen molar-refractivity contribution in [2.24, 2.45) is 0 Å². The minimum Gasteiger partial charge on any atom is -0.392 e. The summed E-state index contributed by atoms with van der Waals surface area (Å²) < 4.78 is 25.4. The summed E-state index contributed by atoms with van der Waals surface area (Å²) in [6.07, 6.45) is 1.24. The highest BCUT2D eigenvalue weighted by molar-refractivity contribution is 9.10. The van der Waals surface area contributed by atoms with E-state index in [1.807, 2.05) is 18.2 Å². The lowest BCUT2D eigenvalue weighted by Gasteiger charge is -2.35. The molecule has 1 fully saturated rings. The molecule has 0 bridgehead atoms. The normalized spacial score (nSPS) is 17.7. The first kappa shape index (κ1) is 14.8. The number of hydrogen-bond acceptors (Lipinski definition) is 4. The Balaban J connectivity index is 2.16. The van der Waals surface area contributed by atoms with E-state index in [4.69, 9.17) is 0 Å². The second-order valence-electron chi connectivity index (χ2n) is 4.58. The van der Waals surface area contributed by atoms with Crippen molar-refractivity contribution in [3.63, 3.8) is 0 Å². The fourth-order valence-electron chi connectivity index (χ4n) is 2.23. The first-order chi connectivity index (χ1) is 8.91. The van der Waals surface area contributed by atoms with E-state index in [1.54, 1.807) is 0 Å². The third-order valence-electron chi connectivity index (χ3n) is 3.27. The average molecular weight is 349 g/mol. The number of rotatable bonds is 3. The Hall–Kier alpha value is -0.630. The van der Waals surface area contributed by atoms with Gasteiger partial charge in [-0.3, -0.25) is 0 Å². The van der Waals surface area contributed by atoms with Crippen LogP contribution in [0.5, 0.6) is 0 Å². The molecule has 106 valence electrons. The quantitative estimate of drug-likeness (QED) is 0.885. The maximum atomic E-state index is 11.5. The van der Waals surface area contributed by atoms with Crippen LogP contribution in [0, 0.1) is 0 Å². The van der Waals surface area contributed by atoms with Crippen LogP contribution in [0.1, 0.15) is 5.56 Å². The third-order valence-corrected chi connectivity index (χ3v) is 5.06. The Morgan fingerprint density at radius 1 is 1.26 bits per heavy atom. The zero-order valence-corrected chi connectivity index (χ0v) is 13.1. The summed E-state index contributed by atoms with van der Waals surface area (Å²) in [5.41, 5.74) is 1.82. The lowest BCUT2D eigenvalue weighted by Crippen LogP contribution is -2.48. The SMILES string of the molecule is CS(=O)(=O)N1CCN(c2cc(Br)ccc2CO)CC1. The molecule has 7 heteroatoms. The zero-order chi connectivity index (χ0) is 14.0. The van der Waals surface area contributed by atoms with Crippen molar-refractivity contribution in [2.45, 2.75) is 6.61 Å². The second kappa shape index (κ2) is 5.78. The summed E-state index contributed by atoms with van der Waals surface area (Å²) in [5.74, 6) is 0. The highest BCUT2D eigenvalue weighted by Gasteiger charge is 2.24. The first-order valence-corrected chi connectivity index (χ1v) is 8.65. The van der Waals surface area contributed by atoms with Gasteiger partial charge >= 0.3 is 0 Å². The molecule has 0 aliphatic carbocycles. The molecule has 0 spiro atoms. The molecule has 1 saturated heterocycles. The van der Waals surface area contributed by atoms with Gasteiger partial charge in [0.25, 0.3) is 0 Å². The molecular formula is C12H17BrN2O3S. The van der Waals surface area contributed by atoms with Gasteiger partial charge in [0.05, 0.1) is 12.9 Å². The van der Waals surface area contributed by atoms with E-state index in [1.165, 1.54) is 10.6 Å². The molecule has 1 aromatic carbocycles. The van der Waals surface area contributed by atoms with E-state index in [2.05, 4.69) is 20.8 Å². The maximum Gasteiger partial charge on any atom is 0.211 e. The monoisotopic (exact) mass is 348 g/mol. The maximum absolute atomic E-state index is 11.5. The van der Waals surface area contributed by atoms with E-state index in [0.29, 0.717) is 26.2 Å². The largest absolute Gasteiger partial charge is 0.392 e. The van der Waals surface area contributed by atoms with Crippen molar-refractivity contribution < 1.29 is 13.5 Å². The highest BCUT2D eigenvalue weighted by Crippen LogP contribution is 2.26. The van der Waals surface area contributed by atoms with Crippen molar-refractivity contribution in [1.82, 2.24) is 4.31 Å². The fraction of sp³-hybridized carbons (Fsp3) is 0.500. The van der Waals surface area contributed by atoms with Crippen LogP contribution in [-0.4, -0.2) is 50.3 Å². The van der Waals surface area contributed by atoms with Crippen molar-refractivity contribution in [3.8, 4) is 0 Å². The van der Waals surface area contributed by atoms with Crippen LogP contribution in [-0.2, 0) is 16.6 Å². The molecule has 5 nitrogen and oxygen atoms in total. The van der Waals surface area contributed by atoms with Crippen LogP contribution in [0.3, 0.4) is 0 Å². The van der Waals surface area contributed by atoms with Gasteiger partial charge in [-0.2, -0.15) is 4.31 Å². The van der Waals surface area contributed by atoms with Gasteiger partial charge in [-0.1, -0.05) is 22.0 Å². The van der Waals surface area contributed by atoms with E-state index in [-0.39, 0.29) is 6.61 Å². The predicted molar refractivity (Wildman–Crippen MR) is 78.7 cm³/mol. The second-order valence-corrected chi connectivity index (χ2v) is 7.48. The molecule has 0 aromatic heterocycles. The summed E-state index contributed by atoms with van der Waals surface area (Å²) in [6.45, 7) is 2.22. The molecule has 0 atom stereocenters. The van der Waals surface area contributed by atoms with Crippen molar-refractivity contribution in [2.75, 3.05) is 37.3 Å². The van der Waals surface area contributed by atoms with Crippen LogP contribution in [0.2, 0.25) is 0 Å². The van der Waals surface area contributed by atoms with Crippen LogP contribution >= 0.6 is 15.9 Å². The topological polar surface area (TPSA) is 60.9 Å². The van der Waals surface area contributed by atoms with Gasteiger partial charge in [0, 0.05) is 41.9 Å². The van der Waals surface area contributed by atoms with Crippen LogP contribution in [0.25, 0.3) is 0 Å². The van der Waals surface area contributed by atoms with Crippen molar-refractivity contribution >= 4 is 31.6 Å². The average Bonchev–Trinajstić information content (AvgIpc) is 2.38. The van der Waals surface area contributed by atoms with Gasteiger partial charge in [0.15, 0.2) is 0 Å². The van der Waals surface area contributed by atoms with Gasteiger partial charge in [-0.05, 0) is 12.1 Å². The van der Waals surface area contributed by atoms with Crippen molar-refractivity contribution in [1.29, 1.82) is 0 Å². The van der Waals surface area contributed by atoms with E-state index < -0.39 is 10.0 Å². The number of hydrogen-bond donors (Lipinski definition) is 1. The van der Waals surface area contributed by atoms with Gasteiger partial charge < -0.3 is 10.0 Å². The number of nitrogens with zero attached hydrogens (tertiary/aromatic N) is 2. The lowest BCUT2D eigenvalue weighted by atomic mass is 10.1. The third kappa shape index (κ3) is 3.47. The van der Waals surface area contributed by atoms with Gasteiger partial charge in [0.2, 0.25) is 10.0 Å². The molecule has 1 aromatic rings. The summed E-state index contributed by atoms with van der Waals surface area (Å²) >= 11 is 3.42. The number of halogens is 1. The van der Waals surface area contributed by atoms with E-state index in [9.17, 15) is 13.5 Å². The molecule has 1 aliphatic rings. The highest BCUT2D eigenvalue weighted by atomic mass is 79.9. The predicted octanol–water partition coefficient (Wildman–Crippen LogP) is 1.02. The Labute approximate surface area is 122 Å². The number of aliphatic hydroxyl groups excluding tert-OH is 1. The molecule has 1 aliphatic heterocycles. The lowest BCUT2D eigenvalue weighted by molar-refractivity contribution is 0.281. The number of piperazine rings is 1. The van der Waals surface area contributed by atoms with E-state index >= 15 is 0 Å². The molecule has 0 saturated carbocycles. The Kier molecular flexibility index (Phi) is 4.50. The standard InChI is InChI=1S/C12H17BrN2O3S/c1-19(17,18)15-6-4-14(5-7-15)12-8-11(13)3-2-10(12)9-16/h2-3,8,16H,4-7,9H2,1H3. The van der Waals surface area contributed by atoms with Crippen LogP contribution in [0.4, 0.5) is 5.69 Å². The Bertz CT molecular complexity index is 554. The minimum atomic E-state index is -3.11. The van der Waals surface area contributed by atoms with Gasteiger partial charge in [-0.25, -0.2) is 8.42 Å². The first-order valence-electron chi connectivity index (χ1n) is 6.01. The zero-order valence-electron chi connectivity index (χ0n) is 10.7. The molecule has 1 N–H and O–H groups in total. The molecule has 0 unspecified atom stereocenters. The summed E-state index contributed by atoms with van der Waals surface area (Å²) in [6, 6.07) is 5.73. The number of benzene rings is 1. The molecular weight excluding hydrogens is 332 g/mol. The minimum absolute atomic E-state index is 0.0189. The smallest absolute Gasteiger partial charge is 0.211 e. The van der Waals surface area contributed by atoms with Crippen LogP contribution < -0.4 is 4.90 Å². The van der Waals surface area contributed by atoms with E-state index in [0.717, 1.165) is 15.7 Å². The Morgan fingerprint density at radius 3 is 2.42 bits per heavy atom. The molecule has 0 radical (unpaired) electrons. The molecule has 0 amide bonds. The summed E-state index contributed by atoms with van der Waals surface area (Å²) in [7, 11) is -3.11. The van der Waals surface area contributed by atoms with Gasteiger partial charge in [-0.15, -0.1) is 0 Å². The molecule has 19 heavy (non-hydrogen) atoms. The van der Waals surface area contributed by atoms with Crippen molar-refractivity contribution in [3.05, 3.63) is 28.2 Å². The number of sulfonamides is 1.